The van der Waals surface area contributed by atoms with Gasteiger partial charge in [-0.15, -0.1) is 0 Å². The second-order valence-electron chi connectivity index (χ2n) is 3.75. The van der Waals surface area contributed by atoms with E-state index in [1.807, 2.05) is 24.4 Å². The van der Waals surface area contributed by atoms with Gasteiger partial charge in [-0.25, -0.2) is 4.98 Å². The Hall–Kier alpha value is -0.840. The molecule has 2 aromatic rings. The third kappa shape index (κ3) is 3.84. The Balaban J connectivity index is 1.76. The second kappa shape index (κ2) is 6.19. The van der Waals surface area contributed by atoms with Crippen LogP contribution >= 0.6 is 27.5 Å². The van der Waals surface area contributed by atoms with Crippen molar-refractivity contribution in [3.8, 4) is 0 Å². The Morgan fingerprint density at radius 2 is 2.29 bits per heavy atom. The fourth-order valence-electron chi connectivity index (χ4n) is 1.53. The smallest absolute Gasteiger partial charge is 0.0921 e. The highest BCUT2D eigenvalue weighted by Crippen LogP contribution is 2.22. The molecule has 0 aliphatic rings. The highest BCUT2D eigenvalue weighted by molar-refractivity contribution is 9.10. The van der Waals surface area contributed by atoms with E-state index in [4.69, 9.17) is 11.6 Å². The summed E-state index contributed by atoms with van der Waals surface area (Å²) in [5.41, 5.74) is 2.36. The topological polar surface area (TPSA) is 40.7 Å². The van der Waals surface area contributed by atoms with Gasteiger partial charge in [0.25, 0.3) is 0 Å². The zero-order valence-corrected chi connectivity index (χ0v) is 11.6. The zero-order valence-electron chi connectivity index (χ0n) is 9.21. The lowest BCUT2D eigenvalue weighted by Gasteiger charge is -2.05. The van der Waals surface area contributed by atoms with Gasteiger partial charge in [0.05, 0.1) is 11.3 Å². The number of aromatic amines is 1. The SMILES string of the molecule is Clc1ccc(CNCCc2cnc[nH]2)cc1Br. The van der Waals surface area contributed by atoms with Crippen LogP contribution < -0.4 is 5.32 Å². The Bertz CT molecular complexity index is 471. The molecule has 5 heteroatoms. The maximum Gasteiger partial charge on any atom is 0.0921 e. The first-order valence-corrected chi connectivity index (χ1v) is 6.54. The van der Waals surface area contributed by atoms with Crippen molar-refractivity contribution in [2.24, 2.45) is 0 Å². The molecule has 90 valence electrons. The summed E-state index contributed by atoms with van der Waals surface area (Å²) >= 11 is 9.34. The van der Waals surface area contributed by atoms with Gasteiger partial charge < -0.3 is 10.3 Å². The Morgan fingerprint density at radius 1 is 1.41 bits per heavy atom. The average molecular weight is 315 g/mol. The van der Waals surface area contributed by atoms with E-state index in [0.29, 0.717) is 0 Å². The van der Waals surface area contributed by atoms with E-state index in [1.54, 1.807) is 6.33 Å². The van der Waals surface area contributed by atoms with Crippen LogP contribution in [0.4, 0.5) is 0 Å². The van der Waals surface area contributed by atoms with E-state index in [2.05, 4.69) is 31.2 Å². The summed E-state index contributed by atoms with van der Waals surface area (Å²) in [5.74, 6) is 0. The van der Waals surface area contributed by atoms with Gasteiger partial charge in [0.1, 0.15) is 0 Å². The molecule has 3 nitrogen and oxygen atoms in total. The minimum absolute atomic E-state index is 0.742. The number of hydrogen-bond acceptors (Lipinski definition) is 2. The van der Waals surface area contributed by atoms with Crippen LogP contribution in [0.15, 0.2) is 35.2 Å². The third-order valence-corrected chi connectivity index (χ3v) is 3.65. The highest BCUT2D eigenvalue weighted by atomic mass is 79.9. The number of halogens is 2. The standard InChI is InChI=1S/C12H13BrClN3/c13-11-5-9(1-2-12(11)14)6-15-4-3-10-7-16-8-17-10/h1-2,5,7-8,15H,3-4,6H2,(H,16,17). The first kappa shape index (κ1) is 12.6. The quantitative estimate of drug-likeness (QED) is 0.832. The number of nitrogens with one attached hydrogen (secondary N) is 2. The molecule has 0 saturated carbocycles. The van der Waals surface area contributed by atoms with Crippen LogP contribution in [0.25, 0.3) is 0 Å². The molecular weight excluding hydrogens is 302 g/mol. The van der Waals surface area contributed by atoms with E-state index in [9.17, 15) is 0 Å². The minimum Gasteiger partial charge on any atom is -0.348 e. The largest absolute Gasteiger partial charge is 0.348 e. The number of aromatic nitrogens is 2. The molecule has 0 spiro atoms. The molecule has 0 radical (unpaired) electrons. The maximum atomic E-state index is 5.93. The lowest BCUT2D eigenvalue weighted by atomic mass is 10.2. The Kier molecular flexibility index (Phi) is 4.59. The van der Waals surface area contributed by atoms with Gasteiger partial charge in [-0.1, -0.05) is 17.7 Å². The third-order valence-electron chi connectivity index (χ3n) is 2.44. The maximum absolute atomic E-state index is 5.93. The summed E-state index contributed by atoms with van der Waals surface area (Å²) in [6, 6.07) is 5.96. The van der Waals surface area contributed by atoms with E-state index in [-0.39, 0.29) is 0 Å². The van der Waals surface area contributed by atoms with Crippen LogP contribution in [0.3, 0.4) is 0 Å². The summed E-state index contributed by atoms with van der Waals surface area (Å²) < 4.78 is 0.937. The number of rotatable bonds is 5. The molecule has 2 N–H and O–H groups in total. The van der Waals surface area contributed by atoms with Gasteiger partial charge >= 0.3 is 0 Å². The lowest BCUT2D eigenvalue weighted by molar-refractivity contribution is 0.681. The van der Waals surface area contributed by atoms with Crippen molar-refractivity contribution >= 4 is 27.5 Å². The predicted octanol–water partition coefficient (Wildman–Crippen LogP) is 3.16. The van der Waals surface area contributed by atoms with Gasteiger partial charge in [0.2, 0.25) is 0 Å². The molecule has 0 unspecified atom stereocenters. The molecule has 0 bridgehead atoms. The second-order valence-corrected chi connectivity index (χ2v) is 5.01. The van der Waals surface area contributed by atoms with Gasteiger partial charge in [0, 0.05) is 35.9 Å². The molecular formula is C12H13BrClN3. The zero-order chi connectivity index (χ0) is 12.1. The van der Waals surface area contributed by atoms with E-state index in [0.717, 1.165) is 34.7 Å². The summed E-state index contributed by atoms with van der Waals surface area (Å²) in [7, 11) is 0. The summed E-state index contributed by atoms with van der Waals surface area (Å²) in [4.78, 5) is 7.05. The molecule has 0 aliphatic carbocycles. The first-order valence-electron chi connectivity index (χ1n) is 5.37. The van der Waals surface area contributed by atoms with Crippen molar-refractivity contribution in [2.75, 3.05) is 6.54 Å². The van der Waals surface area contributed by atoms with Crippen LogP contribution in [-0.4, -0.2) is 16.5 Å². The number of H-pyrrole nitrogens is 1. The highest BCUT2D eigenvalue weighted by Gasteiger charge is 1.99. The van der Waals surface area contributed by atoms with Crippen LogP contribution in [0.1, 0.15) is 11.3 Å². The lowest BCUT2D eigenvalue weighted by Crippen LogP contribution is -2.16. The molecule has 0 fully saturated rings. The fourth-order valence-corrected chi connectivity index (χ4v) is 2.07. The Labute approximate surface area is 114 Å². The number of hydrogen-bond donors (Lipinski definition) is 2. The van der Waals surface area contributed by atoms with Gasteiger partial charge in [0.15, 0.2) is 0 Å². The molecule has 1 heterocycles. The molecule has 0 saturated heterocycles. The molecule has 0 amide bonds. The summed E-state index contributed by atoms with van der Waals surface area (Å²) in [5, 5.41) is 4.12. The van der Waals surface area contributed by atoms with Crippen LogP contribution in [0, 0.1) is 0 Å². The summed E-state index contributed by atoms with van der Waals surface area (Å²) in [6.07, 6.45) is 4.50. The van der Waals surface area contributed by atoms with E-state index < -0.39 is 0 Å². The van der Waals surface area contributed by atoms with Crippen molar-refractivity contribution in [3.05, 3.63) is 51.5 Å². The average Bonchev–Trinajstić information content (AvgIpc) is 2.82. The normalized spacial score (nSPS) is 10.7. The Morgan fingerprint density at radius 3 is 3.00 bits per heavy atom. The molecule has 0 atom stereocenters. The predicted molar refractivity (Wildman–Crippen MR) is 73.2 cm³/mol. The van der Waals surface area contributed by atoms with E-state index >= 15 is 0 Å². The molecule has 1 aromatic carbocycles. The van der Waals surface area contributed by atoms with Gasteiger partial charge in [-0.2, -0.15) is 0 Å². The van der Waals surface area contributed by atoms with Gasteiger partial charge in [-0.05, 0) is 33.6 Å². The van der Waals surface area contributed by atoms with Crippen LogP contribution in [0.5, 0.6) is 0 Å². The van der Waals surface area contributed by atoms with Crippen molar-refractivity contribution in [3.63, 3.8) is 0 Å². The molecule has 1 aromatic heterocycles. The number of imidazole rings is 1. The number of nitrogens with zero attached hydrogens (tertiary/aromatic N) is 1. The molecule has 17 heavy (non-hydrogen) atoms. The monoisotopic (exact) mass is 313 g/mol. The molecule has 2 rings (SSSR count). The number of benzene rings is 1. The van der Waals surface area contributed by atoms with Crippen LogP contribution in [-0.2, 0) is 13.0 Å². The van der Waals surface area contributed by atoms with Crippen molar-refractivity contribution in [1.29, 1.82) is 0 Å². The first-order chi connectivity index (χ1) is 8.25. The van der Waals surface area contributed by atoms with Crippen molar-refractivity contribution < 1.29 is 0 Å². The minimum atomic E-state index is 0.742. The van der Waals surface area contributed by atoms with Crippen molar-refractivity contribution in [1.82, 2.24) is 15.3 Å². The van der Waals surface area contributed by atoms with E-state index in [1.165, 1.54) is 5.56 Å². The van der Waals surface area contributed by atoms with Gasteiger partial charge in [-0.3, -0.25) is 0 Å². The van der Waals surface area contributed by atoms with Crippen LogP contribution in [0.2, 0.25) is 5.02 Å². The fraction of sp³-hybridized carbons (Fsp3) is 0.250. The summed E-state index contributed by atoms with van der Waals surface area (Å²) in [6.45, 7) is 1.76. The molecule has 0 aliphatic heterocycles. The van der Waals surface area contributed by atoms with Crippen molar-refractivity contribution in [2.45, 2.75) is 13.0 Å².